The summed E-state index contributed by atoms with van der Waals surface area (Å²) in [5, 5.41) is 0. The van der Waals surface area contributed by atoms with Gasteiger partial charge in [-0.25, -0.2) is 4.79 Å². The van der Waals surface area contributed by atoms with E-state index in [1.54, 1.807) is 0 Å². The monoisotopic (exact) mass is 496 g/mol. The normalized spacial score (nSPS) is 16.2. The second kappa shape index (κ2) is 7.94. The minimum Gasteiger partial charge on any atom is -0.453 e. The van der Waals surface area contributed by atoms with Gasteiger partial charge in [0.25, 0.3) is 0 Å². The van der Waals surface area contributed by atoms with Gasteiger partial charge in [-0.3, -0.25) is 0 Å². The Morgan fingerprint density at radius 2 is 1.03 bits per heavy atom. The highest BCUT2D eigenvalue weighted by Crippen LogP contribution is 2.62. The zero-order valence-corrected chi connectivity index (χ0v) is 15.0. The second-order valence-corrected chi connectivity index (χ2v) is 6.00. The number of carbonyl (C=O) groups is 1. The molecule has 0 saturated carbocycles. The quantitative estimate of drug-likeness (QED) is 0.214. The maximum atomic E-state index is 13.7. The molecular formula is C14H11F15O2. The van der Waals surface area contributed by atoms with E-state index < -0.39 is 59.4 Å². The van der Waals surface area contributed by atoms with Crippen LogP contribution in [-0.2, 0) is 9.53 Å². The van der Waals surface area contributed by atoms with Crippen molar-refractivity contribution in [2.24, 2.45) is 0 Å². The molecule has 0 heterocycles. The van der Waals surface area contributed by atoms with Crippen LogP contribution in [0.5, 0.6) is 0 Å². The van der Waals surface area contributed by atoms with E-state index in [1.807, 2.05) is 0 Å². The molecule has 0 aliphatic heterocycles. The smallest absolute Gasteiger partial charge is 0.453 e. The van der Waals surface area contributed by atoms with Crippen LogP contribution in [0.4, 0.5) is 65.9 Å². The topological polar surface area (TPSA) is 26.3 Å². The van der Waals surface area contributed by atoms with Gasteiger partial charge in [0.2, 0.25) is 0 Å². The predicted molar refractivity (Wildman–Crippen MR) is 70.7 cm³/mol. The summed E-state index contributed by atoms with van der Waals surface area (Å²) in [5.41, 5.74) is -0.723. The molecule has 0 aromatic heterocycles. The fraction of sp³-hybridized carbons (Fsp3) is 0.786. The van der Waals surface area contributed by atoms with E-state index in [9.17, 15) is 70.7 Å². The van der Waals surface area contributed by atoms with Crippen LogP contribution in [0.1, 0.15) is 20.3 Å². The first-order chi connectivity index (χ1) is 13.3. The third-order valence-corrected chi connectivity index (χ3v) is 3.86. The zero-order chi connectivity index (χ0) is 25.6. The Balaban J connectivity index is 6.43. The van der Waals surface area contributed by atoms with E-state index in [0.717, 1.165) is 6.92 Å². The van der Waals surface area contributed by atoms with Gasteiger partial charge in [0.05, 0.1) is 0 Å². The Bertz CT molecular complexity index is 692. The molecule has 0 radical (unpaired) electrons. The van der Waals surface area contributed by atoms with Gasteiger partial charge in [0, 0.05) is 5.57 Å². The van der Waals surface area contributed by atoms with E-state index in [4.69, 9.17) is 0 Å². The summed E-state index contributed by atoms with van der Waals surface area (Å²) in [7, 11) is 0. The molecule has 31 heavy (non-hydrogen) atoms. The van der Waals surface area contributed by atoms with Crippen molar-refractivity contribution in [2.75, 3.05) is 0 Å². The predicted octanol–water partition coefficient (Wildman–Crippen LogP) is 6.26. The van der Waals surface area contributed by atoms with Crippen LogP contribution in [0.15, 0.2) is 12.2 Å². The molecule has 0 bridgehead atoms. The maximum absolute atomic E-state index is 13.7. The van der Waals surface area contributed by atoms with Crippen molar-refractivity contribution >= 4 is 5.97 Å². The standard InChI is InChI=1S/C14H11F15O2/c1-4-5(2)7(30)31-6(3)8(15,16)9(17,18)10(19,20)11(21,22)12(23,24)13(25,26)14(27,28)29/h6H,2,4H2,1,3H3. The van der Waals surface area contributed by atoms with Crippen molar-refractivity contribution in [1.82, 2.24) is 0 Å². The molecule has 2 nitrogen and oxygen atoms in total. The van der Waals surface area contributed by atoms with E-state index in [-0.39, 0.29) is 13.3 Å². The second-order valence-electron chi connectivity index (χ2n) is 6.00. The van der Waals surface area contributed by atoms with Gasteiger partial charge in [0.15, 0.2) is 6.10 Å². The number of halogens is 15. The third kappa shape index (κ3) is 4.15. The molecule has 0 aromatic carbocycles. The van der Waals surface area contributed by atoms with Gasteiger partial charge in [-0.05, 0) is 13.3 Å². The van der Waals surface area contributed by atoms with Crippen molar-refractivity contribution in [3.63, 3.8) is 0 Å². The minimum absolute atomic E-state index is 0.286. The van der Waals surface area contributed by atoms with Crippen LogP contribution in [-0.4, -0.2) is 53.8 Å². The van der Waals surface area contributed by atoms with Crippen LogP contribution in [0, 0.1) is 0 Å². The van der Waals surface area contributed by atoms with Crippen LogP contribution in [0.2, 0.25) is 0 Å². The van der Waals surface area contributed by atoms with Gasteiger partial charge in [-0.1, -0.05) is 13.5 Å². The molecule has 0 N–H and O–H groups in total. The molecule has 0 fully saturated rings. The van der Waals surface area contributed by atoms with Crippen molar-refractivity contribution < 1.29 is 75.4 Å². The summed E-state index contributed by atoms with van der Waals surface area (Å²) in [4.78, 5) is 11.2. The van der Waals surface area contributed by atoms with Gasteiger partial charge < -0.3 is 4.74 Å². The largest absolute Gasteiger partial charge is 0.460 e. The molecule has 0 saturated heterocycles. The number of esters is 1. The first-order valence-electron chi connectivity index (χ1n) is 7.51. The molecule has 1 unspecified atom stereocenters. The number of hydrogen-bond donors (Lipinski definition) is 0. The SMILES string of the molecule is C=C(CC)C(=O)OC(C)C(F)(F)C(F)(F)C(F)(F)C(F)(F)C(F)(F)C(F)(F)C(F)(F)F. The van der Waals surface area contributed by atoms with E-state index >= 15 is 0 Å². The lowest BCUT2D eigenvalue weighted by atomic mass is 9.89. The molecule has 17 heteroatoms. The summed E-state index contributed by atoms with van der Waals surface area (Å²) in [6.45, 7) is 3.73. The molecule has 0 aliphatic rings. The average Bonchev–Trinajstić information content (AvgIpc) is 2.58. The lowest BCUT2D eigenvalue weighted by molar-refractivity contribution is -0.455. The summed E-state index contributed by atoms with van der Waals surface area (Å²) in [6, 6.07) is 0. The number of rotatable bonds is 9. The third-order valence-electron chi connectivity index (χ3n) is 3.86. The Kier molecular flexibility index (Phi) is 7.47. The van der Waals surface area contributed by atoms with E-state index in [2.05, 4.69) is 11.3 Å². The number of alkyl halides is 15. The average molecular weight is 496 g/mol. The molecular weight excluding hydrogens is 485 g/mol. The Morgan fingerprint density at radius 1 is 0.710 bits per heavy atom. The van der Waals surface area contributed by atoms with Gasteiger partial charge in [0.1, 0.15) is 0 Å². The molecule has 0 spiro atoms. The van der Waals surface area contributed by atoms with Crippen LogP contribution < -0.4 is 0 Å². The summed E-state index contributed by atoms with van der Waals surface area (Å²) < 4.78 is 199. The van der Waals surface area contributed by atoms with Crippen molar-refractivity contribution in [3.05, 3.63) is 12.2 Å². The highest BCUT2D eigenvalue weighted by molar-refractivity contribution is 5.87. The van der Waals surface area contributed by atoms with Crippen molar-refractivity contribution in [3.8, 4) is 0 Å². The Morgan fingerprint density at radius 3 is 1.35 bits per heavy atom. The van der Waals surface area contributed by atoms with Crippen LogP contribution in [0.3, 0.4) is 0 Å². The summed E-state index contributed by atoms with van der Waals surface area (Å²) in [5.74, 6) is -49.3. The number of carbonyl (C=O) groups excluding carboxylic acids is 1. The lowest BCUT2D eigenvalue weighted by Crippen LogP contribution is -2.73. The summed E-state index contributed by atoms with van der Waals surface area (Å²) in [6.07, 6.45) is -11.8. The minimum atomic E-state index is -8.39. The number of ether oxygens (including phenoxy) is 1. The van der Waals surface area contributed by atoms with Gasteiger partial charge >= 0.3 is 47.7 Å². The van der Waals surface area contributed by atoms with E-state index in [0.29, 0.717) is 0 Å². The van der Waals surface area contributed by atoms with Crippen LogP contribution in [0.25, 0.3) is 0 Å². The maximum Gasteiger partial charge on any atom is 0.460 e. The lowest BCUT2D eigenvalue weighted by Gasteiger charge is -2.42. The molecule has 0 aliphatic carbocycles. The fourth-order valence-electron chi connectivity index (χ4n) is 1.70. The Hall–Kier alpha value is -1.84. The first-order valence-corrected chi connectivity index (χ1v) is 7.51. The van der Waals surface area contributed by atoms with E-state index in [1.165, 1.54) is 0 Å². The highest BCUT2D eigenvalue weighted by atomic mass is 19.4. The van der Waals surface area contributed by atoms with Crippen molar-refractivity contribution in [2.45, 2.75) is 68.1 Å². The molecule has 0 rings (SSSR count). The molecule has 1 atom stereocenters. The number of hydrogen-bond acceptors (Lipinski definition) is 2. The van der Waals surface area contributed by atoms with Gasteiger partial charge in [-0.2, -0.15) is 65.9 Å². The Labute approximate surface area is 163 Å². The molecule has 0 amide bonds. The summed E-state index contributed by atoms with van der Waals surface area (Å²) >= 11 is 0. The van der Waals surface area contributed by atoms with Crippen LogP contribution >= 0.6 is 0 Å². The van der Waals surface area contributed by atoms with Crippen molar-refractivity contribution in [1.29, 1.82) is 0 Å². The van der Waals surface area contributed by atoms with Gasteiger partial charge in [-0.15, -0.1) is 0 Å². The highest BCUT2D eigenvalue weighted by Gasteiger charge is 2.93. The fourth-order valence-corrected chi connectivity index (χ4v) is 1.70. The molecule has 0 aromatic rings. The molecule has 184 valence electrons. The first kappa shape index (κ1) is 29.2. The zero-order valence-electron chi connectivity index (χ0n) is 15.0.